The SMILES string of the molecule is CCc1ccccc1CNC(=NC)NCC(=O)N(C)CCc1ccccn1. The van der Waals surface area contributed by atoms with Crippen LogP contribution in [-0.4, -0.2) is 48.9 Å². The number of aryl methyl sites for hydroxylation is 1. The van der Waals surface area contributed by atoms with Gasteiger partial charge < -0.3 is 15.5 Å². The lowest BCUT2D eigenvalue weighted by Crippen LogP contribution is -2.43. The number of amides is 1. The molecule has 2 aromatic rings. The minimum Gasteiger partial charge on any atom is -0.352 e. The monoisotopic (exact) mass is 367 g/mol. The predicted octanol–water partition coefficient (Wildman–Crippen LogP) is 2.01. The van der Waals surface area contributed by atoms with Crippen molar-refractivity contribution in [2.45, 2.75) is 26.3 Å². The summed E-state index contributed by atoms with van der Waals surface area (Å²) < 4.78 is 0. The van der Waals surface area contributed by atoms with Crippen LogP contribution < -0.4 is 10.6 Å². The number of pyridine rings is 1. The maximum Gasteiger partial charge on any atom is 0.241 e. The number of nitrogens with zero attached hydrogens (tertiary/aromatic N) is 3. The van der Waals surface area contributed by atoms with Crippen molar-refractivity contribution in [2.24, 2.45) is 4.99 Å². The summed E-state index contributed by atoms with van der Waals surface area (Å²) in [4.78, 5) is 22.5. The molecule has 2 N–H and O–H groups in total. The summed E-state index contributed by atoms with van der Waals surface area (Å²) >= 11 is 0. The average Bonchev–Trinajstić information content (AvgIpc) is 2.72. The topological polar surface area (TPSA) is 69.6 Å². The summed E-state index contributed by atoms with van der Waals surface area (Å²) in [5.74, 6) is 0.634. The molecule has 0 saturated carbocycles. The van der Waals surface area contributed by atoms with Gasteiger partial charge in [-0.15, -0.1) is 0 Å². The normalized spacial score (nSPS) is 11.1. The van der Waals surface area contributed by atoms with Crippen molar-refractivity contribution in [1.82, 2.24) is 20.5 Å². The number of benzene rings is 1. The van der Waals surface area contributed by atoms with Crippen molar-refractivity contribution in [2.75, 3.05) is 27.2 Å². The smallest absolute Gasteiger partial charge is 0.241 e. The van der Waals surface area contributed by atoms with Gasteiger partial charge in [0.2, 0.25) is 5.91 Å². The highest BCUT2D eigenvalue weighted by molar-refractivity contribution is 5.86. The van der Waals surface area contributed by atoms with Crippen LogP contribution in [0.4, 0.5) is 0 Å². The van der Waals surface area contributed by atoms with E-state index in [0.717, 1.165) is 18.5 Å². The van der Waals surface area contributed by atoms with E-state index >= 15 is 0 Å². The zero-order valence-corrected chi connectivity index (χ0v) is 16.4. The van der Waals surface area contributed by atoms with Gasteiger partial charge in [0.05, 0.1) is 6.54 Å². The third-order valence-corrected chi connectivity index (χ3v) is 4.43. The Hall–Kier alpha value is -2.89. The van der Waals surface area contributed by atoms with E-state index in [1.54, 1.807) is 25.2 Å². The van der Waals surface area contributed by atoms with E-state index in [4.69, 9.17) is 0 Å². The number of guanidine groups is 1. The van der Waals surface area contributed by atoms with Crippen LogP contribution in [0.1, 0.15) is 23.7 Å². The number of nitrogens with one attached hydrogen (secondary N) is 2. The first-order chi connectivity index (χ1) is 13.1. The molecule has 0 aliphatic heterocycles. The molecule has 0 aliphatic rings. The van der Waals surface area contributed by atoms with Gasteiger partial charge in [0.15, 0.2) is 5.96 Å². The van der Waals surface area contributed by atoms with Crippen LogP contribution in [0.3, 0.4) is 0 Å². The molecule has 27 heavy (non-hydrogen) atoms. The van der Waals surface area contributed by atoms with Gasteiger partial charge in [-0.2, -0.15) is 0 Å². The van der Waals surface area contributed by atoms with Gasteiger partial charge in [-0.05, 0) is 29.7 Å². The number of carbonyl (C=O) groups is 1. The van der Waals surface area contributed by atoms with Gasteiger partial charge in [-0.1, -0.05) is 37.3 Å². The number of rotatable bonds is 8. The lowest BCUT2D eigenvalue weighted by Gasteiger charge is -2.19. The van der Waals surface area contributed by atoms with E-state index in [1.165, 1.54) is 11.1 Å². The van der Waals surface area contributed by atoms with Crippen LogP contribution in [0.25, 0.3) is 0 Å². The molecule has 6 nitrogen and oxygen atoms in total. The summed E-state index contributed by atoms with van der Waals surface area (Å²) in [6.07, 6.45) is 3.50. The number of aromatic nitrogens is 1. The van der Waals surface area contributed by atoms with Crippen LogP contribution >= 0.6 is 0 Å². The number of carbonyl (C=O) groups excluding carboxylic acids is 1. The molecule has 0 bridgehead atoms. The first-order valence-electron chi connectivity index (χ1n) is 9.29. The Morgan fingerprint density at radius 1 is 1.11 bits per heavy atom. The Morgan fingerprint density at radius 2 is 1.85 bits per heavy atom. The largest absolute Gasteiger partial charge is 0.352 e. The minimum absolute atomic E-state index is 0.0165. The van der Waals surface area contributed by atoms with Crippen LogP contribution in [0, 0.1) is 0 Å². The fourth-order valence-corrected chi connectivity index (χ4v) is 2.72. The summed E-state index contributed by atoms with van der Waals surface area (Å²) in [7, 11) is 3.51. The minimum atomic E-state index is 0.0165. The number of hydrogen-bond acceptors (Lipinski definition) is 3. The van der Waals surface area contributed by atoms with Crippen LogP contribution in [0.2, 0.25) is 0 Å². The Labute approximate surface area is 161 Å². The molecule has 1 aromatic heterocycles. The van der Waals surface area contributed by atoms with Crippen LogP contribution in [0.15, 0.2) is 53.7 Å². The molecular formula is C21H29N5O. The molecule has 2 rings (SSSR count). The van der Waals surface area contributed by atoms with E-state index in [1.807, 2.05) is 24.3 Å². The van der Waals surface area contributed by atoms with Crippen molar-refractivity contribution in [1.29, 1.82) is 0 Å². The second-order valence-electron chi connectivity index (χ2n) is 6.29. The third-order valence-electron chi connectivity index (χ3n) is 4.43. The fourth-order valence-electron chi connectivity index (χ4n) is 2.72. The van der Waals surface area contributed by atoms with Gasteiger partial charge >= 0.3 is 0 Å². The summed E-state index contributed by atoms with van der Waals surface area (Å²) in [5.41, 5.74) is 3.53. The van der Waals surface area contributed by atoms with E-state index in [2.05, 4.69) is 45.7 Å². The molecule has 0 unspecified atom stereocenters. The molecule has 0 radical (unpaired) electrons. The van der Waals surface area contributed by atoms with E-state index in [9.17, 15) is 4.79 Å². The van der Waals surface area contributed by atoms with Crippen molar-refractivity contribution >= 4 is 11.9 Å². The molecule has 1 aromatic carbocycles. The molecule has 0 atom stereocenters. The predicted molar refractivity (Wildman–Crippen MR) is 110 cm³/mol. The molecule has 0 aliphatic carbocycles. The fraction of sp³-hybridized carbons (Fsp3) is 0.381. The van der Waals surface area contributed by atoms with E-state index in [0.29, 0.717) is 19.0 Å². The second kappa shape index (κ2) is 11.0. The zero-order chi connectivity index (χ0) is 19.5. The summed E-state index contributed by atoms with van der Waals surface area (Å²) in [6.45, 7) is 3.65. The van der Waals surface area contributed by atoms with Crippen molar-refractivity contribution in [3.05, 3.63) is 65.5 Å². The zero-order valence-electron chi connectivity index (χ0n) is 16.4. The molecular weight excluding hydrogens is 338 g/mol. The number of hydrogen-bond donors (Lipinski definition) is 2. The first kappa shape index (κ1) is 20.4. The lowest BCUT2D eigenvalue weighted by molar-refractivity contribution is -0.128. The Bertz CT molecular complexity index is 745. The molecule has 144 valence electrons. The maximum absolute atomic E-state index is 12.3. The first-order valence-corrected chi connectivity index (χ1v) is 9.29. The number of aliphatic imine (C=N–C) groups is 1. The van der Waals surface area contributed by atoms with Gasteiger partial charge in [0.25, 0.3) is 0 Å². The Kier molecular flexibility index (Phi) is 8.29. The summed E-state index contributed by atoms with van der Waals surface area (Å²) in [6, 6.07) is 14.1. The van der Waals surface area contributed by atoms with Crippen molar-refractivity contribution in [3.8, 4) is 0 Å². The van der Waals surface area contributed by atoms with Crippen LogP contribution in [-0.2, 0) is 24.2 Å². The second-order valence-corrected chi connectivity index (χ2v) is 6.29. The van der Waals surface area contributed by atoms with Gasteiger partial charge in [-0.25, -0.2) is 0 Å². The average molecular weight is 367 g/mol. The molecule has 6 heteroatoms. The molecule has 0 fully saturated rings. The third kappa shape index (κ3) is 6.73. The molecule has 0 saturated heterocycles. The van der Waals surface area contributed by atoms with Gasteiger partial charge in [-0.3, -0.25) is 14.8 Å². The quantitative estimate of drug-likeness (QED) is 0.553. The van der Waals surface area contributed by atoms with Gasteiger partial charge in [0, 0.05) is 45.5 Å². The van der Waals surface area contributed by atoms with E-state index < -0.39 is 0 Å². The standard InChI is InChI=1S/C21H29N5O/c1-4-17-9-5-6-10-18(17)15-24-21(22-2)25-16-20(27)26(3)14-12-19-11-7-8-13-23-19/h5-11,13H,4,12,14-16H2,1-3H3,(H2,22,24,25). The molecule has 1 amide bonds. The highest BCUT2D eigenvalue weighted by atomic mass is 16.2. The summed E-state index contributed by atoms with van der Waals surface area (Å²) in [5, 5.41) is 6.36. The number of likely N-dealkylation sites (N-methyl/N-ethyl adjacent to an activating group) is 1. The molecule has 1 heterocycles. The Morgan fingerprint density at radius 3 is 2.52 bits per heavy atom. The maximum atomic E-state index is 12.3. The lowest BCUT2D eigenvalue weighted by atomic mass is 10.1. The highest BCUT2D eigenvalue weighted by Gasteiger charge is 2.10. The highest BCUT2D eigenvalue weighted by Crippen LogP contribution is 2.08. The van der Waals surface area contributed by atoms with Crippen molar-refractivity contribution < 1.29 is 4.79 Å². The van der Waals surface area contributed by atoms with Crippen molar-refractivity contribution in [3.63, 3.8) is 0 Å². The van der Waals surface area contributed by atoms with Gasteiger partial charge in [0.1, 0.15) is 0 Å². The van der Waals surface area contributed by atoms with Crippen LogP contribution in [0.5, 0.6) is 0 Å². The molecule has 0 spiro atoms. The Balaban J connectivity index is 1.76. The van der Waals surface area contributed by atoms with E-state index in [-0.39, 0.29) is 12.5 Å².